The lowest BCUT2D eigenvalue weighted by Gasteiger charge is -2.13. The van der Waals surface area contributed by atoms with Gasteiger partial charge in [0.1, 0.15) is 11.3 Å². The molecule has 13 heteroatoms. The van der Waals surface area contributed by atoms with Gasteiger partial charge in [0.25, 0.3) is 15.7 Å². The predicted octanol–water partition coefficient (Wildman–Crippen LogP) is 5.28. The second kappa shape index (κ2) is 12.7. The minimum atomic E-state index is -3.67. The molecule has 2 N–H and O–H groups in total. The maximum absolute atomic E-state index is 15.3. The first-order valence-corrected chi connectivity index (χ1v) is 15.4. The SMILES string of the molecule is CS(=O)(=O)O.Cc1c(C(=O)Cc2ccc(Oc3cc4cn[nH]c4cc3-c3ccncc3)c(F)c2)c(=O)n(-c2ccccc2)n1C. The molecule has 0 saturated heterocycles. The zero-order chi connectivity index (χ0) is 32.3. The third kappa shape index (κ3) is 7.06. The van der Waals surface area contributed by atoms with E-state index in [4.69, 9.17) is 9.29 Å². The number of nitrogens with one attached hydrogen (secondary N) is 1. The van der Waals surface area contributed by atoms with Crippen LogP contribution in [-0.4, -0.2) is 49.6 Å². The van der Waals surface area contributed by atoms with E-state index in [1.54, 1.807) is 61.5 Å². The molecule has 0 aliphatic heterocycles. The molecule has 0 fully saturated rings. The summed E-state index contributed by atoms with van der Waals surface area (Å²) in [5, 5.41) is 7.83. The van der Waals surface area contributed by atoms with Crippen molar-refractivity contribution in [3.05, 3.63) is 124 Å². The molecular formula is C32H28FN5O6S. The lowest BCUT2D eigenvalue weighted by molar-refractivity contribution is 0.0991. The molecule has 3 aromatic carbocycles. The molecule has 0 saturated carbocycles. The number of pyridine rings is 1. The normalized spacial score (nSPS) is 11.2. The van der Waals surface area contributed by atoms with Gasteiger partial charge in [-0.15, -0.1) is 0 Å². The minimum Gasteiger partial charge on any atom is -0.454 e. The van der Waals surface area contributed by atoms with Crippen LogP contribution in [0.15, 0.2) is 96.2 Å². The molecule has 0 spiro atoms. The van der Waals surface area contributed by atoms with E-state index in [0.29, 0.717) is 29.0 Å². The minimum absolute atomic E-state index is 0.0108. The van der Waals surface area contributed by atoms with Crippen LogP contribution in [0.2, 0.25) is 0 Å². The summed E-state index contributed by atoms with van der Waals surface area (Å²) in [5.41, 5.74) is 3.72. The van der Waals surface area contributed by atoms with Crippen LogP contribution in [0.1, 0.15) is 21.6 Å². The number of benzene rings is 3. The number of hydrogen-bond donors (Lipinski definition) is 2. The highest BCUT2D eigenvalue weighted by Crippen LogP contribution is 2.37. The Kier molecular flexibility index (Phi) is 8.75. The average Bonchev–Trinajstić information content (AvgIpc) is 3.54. The molecule has 0 amide bonds. The number of rotatable bonds is 7. The van der Waals surface area contributed by atoms with E-state index in [1.807, 2.05) is 36.4 Å². The molecular weight excluding hydrogens is 601 g/mol. The summed E-state index contributed by atoms with van der Waals surface area (Å²) in [5.74, 6) is -0.545. The Balaban J connectivity index is 0.000000743. The quantitative estimate of drug-likeness (QED) is 0.179. The highest BCUT2D eigenvalue weighted by molar-refractivity contribution is 7.85. The second-order valence-corrected chi connectivity index (χ2v) is 11.6. The van der Waals surface area contributed by atoms with Crippen LogP contribution >= 0.6 is 0 Å². The van der Waals surface area contributed by atoms with Gasteiger partial charge >= 0.3 is 0 Å². The third-order valence-electron chi connectivity index (χ3n) is 6.95. The zero-order valence-electron chi connectivity index (χ0n) is 24.4. The summed E-state index contributed by atoms with van der Waals surface area (Å²) in [6, 6.07) is 20.9. The van der Waals surface area contributed by atoms with Crippen LogP contribution in [0.4, 0.5) is 4.39 Å². The fraction of sp³-hybridized carbons (Fsp3) is 0.125. The zero-order valence-corrected chi connectivity index (χ0v) is 25.2. The van der Waals surface area contributed by atoms with Gasteiger partial charge < -0.3 is 4.74 Å². The first-order valence-electron chi connectivity index (χ1n) is 13.5. The van der Waals surface area contributed by atoms with Crippen LogP contribution in [0.3, 0.4) is 0 Å². The van der Waals surface area contributed by atoms with E-state index in [-0.39, 0.29) is 23.5 Å². The molecule has 6 aromatic rings. The Hall–Kier alpha value is -5.40. The number of ketones is 1. The summed E-state index contributed by atoms with van der Waals surface area (Å²) in [7, 11) is -1.94. The van der Waals surface area contributed by atoms with E-state index in [9.17, 15) is 18.0 Å². The average molecular weight is 630 g/mol. The fourth-order valence-corrected chi connectivity index (χ4v) is 4.83. The number of para-hydroxylation sites is 1. The van der Waals surface area contributed by atoms with E-state index in [1.165, 1.54) is 16.8 Å². The van der Waals surface area contributed by atoms with Crippen LogP contribution in [-0.2, 0) is 23.6 Å². The maximum atomic E-state index is 15.3. The Morgan fingerprint density at radius 3 is 2.38 bits per heavy atom. The molecule has 45 heavy (non-hydrogen) atoms. The van der Waals surface area contributed by atoms with E-state index in [2.05, 4.69) is 15.2 Å². The van der Waals surface area contributed by atoms with Crippen LogP contribution in [0, 0.1) is 12.7 Å². The van der Waals surface area contributed by atoms with Gasteiger partial charge in [0.2, 0.25) is 0 Å². The summed E-state index contributed by atoms with van der Waals surface area (Å²) in [6.45, 7) is 1.73. The molecule has 0 aliphatic rings. The topological polar surface area (TPSA) is 149 Å². The molecule has 3 aromatic heterocycles. The van der Waals surface area contributed by atoms with Crippen molar-refractivity contribution in [3.8, 4) is 28.3 Å². The highest BCUT2D eigenvalue weighted by Gasteiger charge is 2.23. The number of hydrogen-bond acceptors (Lipinski definition) is 7. The van der Waals surface area contributed by atoms with Gasteiger partial charge in [0.05, 0.1) is 23.7 Å². The second-order valence-electron chi connectivity index (χ2n) is 10.2. The van der Waals surface area contributed by atoms with E-state index < -0.39 is 21.5 Å². The summed E-state index contributed by atoms with van der Waals surface area (Å²) in [6.07, 6.45) is 5.60. The van der Waals surface area contributed by atoms with Crippen LogP contribution in [0.25, 0.3) is 27.7 Å². The lowest BCUT2D eigenvalue weighted by atomic mass is 10.0. The first kappa shape index (κ1) is 31.0. The van der Waals surface area contributed by atoms with Crippen molar-refractivity contribution in [1.82, 2.24) is 24.5 Å². The van der Waals surface area contributed by atoms with Crippen molar-refractivity contribution >= 4 is 26.8 Å². The molecule has 11 nitrogen and oxygen atoms in total. The summed E-state index contributed by atoms with van der Waals surface area (Å²) >= 11 is 0. The number of carbonyl (C=O) groups excluding carboxylic acids is 1. The summed E-state index contributed by atoms with van der Waals surface area (Å²) < 4.78 is 50.3. The van der Waals surface area contributed by atoms with Gasteiger partial charge in [0.15, 0.2) is 17.3 Å². The van der Waals surface area contributed by atoms with Crippen molar-refractivity contribution < 1.29 is 26.9 Å². The smallest absolute Gasteiger partial charge is 0.282 e. The monoisotopic (exact) mass is 629 g/mol. The number of H-pyrrole nitrogens is 1. The molecule has 230 valence electrons. The number of ether oxygens (including phenoxy) is 1. The van der Waals surface area contributed by atoms with Crippen molar-refractivity contribution in [3.63, 3.8) is 0 Å². The Morgan fingerprint density at radius 2 is 1.71 bits per heavy atom. The Bertz CT molecular complexity index is 2170. The molecule has 3 heterocycles. The largest absolute Gasteiger partial charge is 0.454 e. The number of nitrogens with zero attached hydrogens (tertiary/aromatic N) is 4. The molecule has 6 rings (SSSR count). The van der Waals surface area contributed by atoms with E-state index in [0.717, 1.165) is 22.0 Å². The van der Waals surface area contributed by atoms with Crippen molar-refractivity contribution in [2.75, 3.05) is 6.26 Å². The van der Waals surface area contributed by atoms with Crippen molar-refractivity contribution in [2.24, 2.45) is 7.05 Å². The van der Waals surface area contributed by atoms with Gasteiger partial charge in [-0.05, 0) is 66.6 Å². The third-order valence-corrected chi connectivity index (χ3v) is 6.95. The Labute approximate surface area is 257 Å². The molecule has 0 aliphatic carbocycles. The number of carbonyl (C=O) groups is 1. The van der Waals surface area contributed by atoms with Crippen LogP contribution in [0.5, 0.6) is 11.5 Å². The fourth-order valence-electron chi connectivity index (χ4n) is 4.83. The predicted molar refractivity (Wildman–Crippen MR) is 167 cm³/mol. The number of aromatic amines is 1. The highest BCUT2D eigenvalue weighted by atomic mass is 32.2. The number of halogens is 1. The molecule has 0 radical (unpaired) electrons. The van der Waals surface area contributed by atoms with Crippen molar-refractivity contribution in [1.29, 1.82) is 0 Å². The number of fused-ring (bicyclic) bond motifs is 1. The molecule has 0 bridgehead atoms. The van der Waals surface area contributed by atoms with Gasteiger partial charge in [-0.1, -0.05) is 24.3 Å². The van der Waals surface area contributed by atoms with Crippen LogP contribution < -0.4 is 10.3 Å². The Morgan fingerprint density at radius 1 is 1.02 bits per heavy atom. The number of aromatic nitrogens is 5. The van der Waals surface area contributed by atoms with E-state index >= 15 is 4.39 Å². The number of Topliss-reactive ketones (excluding diaryl/α,β-unsaturated/α-hetero) is 1. The van der Waals surface area contributed by atoms with Crippen molar-refractivity contribution in [2.45, 2.75) is 13.3 Å². The van der Waals surface area contributed by atoms with Gasteiger partial charge in [-0.3, -0.25) is 28.9 Å². The standard InChI is InChI=1S/C31H24FN5O3.CH4O3S/c1-19-30(31(39)37(36(19)2)23-6-4-3-5-7-23)27(38)15-20-8-9-28(25(32)14-20)40-29-16-22-18-34-35-26(22)17-24(29)21-10-12-33-13-11-21;1-5(2,3)4/h3-14,16-18H,15H2,1-2H3,(H,34,35);1H3,(H,2,3,4). The maximum Gasteiger partial charge on any atom is 0.282 e. The lowest BCUT2D eigenvalue weighted by Crippen LogP contribution is -2.23. The molecule has 0 unspecified atom stereocenters. The first-order chi connectivity index (χ1) is 21.4. The van der Waals surface area contributed by atoms with Gasteiger partial charge in [0, 0.05) is 42.5 Å². The molecule has 0 atom stereocenters. The summed E-state index contributed by atoms with van der Waals surface area (Å²) in [4.78, 5) is 30.5. The van der Waals surface area contributed by atoms with Gasteiger partial charge in [-0.2, -0.15) is 13.5 Å². The van der Waals surface area contributed by atoms with Gasteiger partial charge in [-0.25, -0.2) is 9.07 Å².